The highest BCUT2D eigenvalue weighted by Crippen LogP contribution is 2.25. The third kappa shape index (κ3) is 3.68. The van der Waals surface area contributed by atoms with Crippen molar-refractivity contribution in [2.45, 2.75) is 53.5 Å². The lowest BCUT2D eigenvalue weighted by atomic mass is 9.80. The van der Waals surface area contributed by atoms with E-state index in [1.807, 2.05) is 0 Å². The Balaban J connectivity index is 4.24. The number of hydrogen-bond acceptors (Lipinski definition) is 1. The second kappa shape index (κ2) is 6.42. The number of nitrogens with one attached hydrogen (secondary N) is 1. The summed E-state index contributed by atoms with van der Waals surface area (Å²) >= 11 is 0. The van der Waals surface area contributed by atoms with E-state index in [0.29, 0.717) is 6.04 Å². The zero-order valence-electron chi connectivity index (χ0n) is 10.2. The first-order chi connectivity index (χ1) is 6.08. The van der Waals surface area contributed by atoms with Crippen LogP contribution < -0.4 is 5.32 Å². The minimum absolute atomic E-state index is 0.671. The molecule has 2 atom stereocenters. The Morgan fingerprint density at radius 2 is 1.46 bits per heavy atom. The molecule has 0 rings (SSSR count). The Kier molecular flexibility index (Phi) is 6.40. The molecule has 0 aliphatic heterocycles. The van der Waals surface area contributed by atoms with Gasteiger partial charge < -0.3 is 5.32 Å². The van der Waals surface area contributed by atoms with Crippen molar-refractivity contribution in [3.05, 3.63) is 0 Å². The van der Waals surface area contributed by atoms with E-state index in [0.717, 1.165) is 17.8 Å². The van der Waals surface area contributed by atoms with Gasteiger partial charge in [-0.15, -0.1) is 0 Å². The van der Waals surface area contributed by atoms with Crippen LogP contribution in [0, 0.1) is 17.8 Å². The standard InChI is InChI=1S/C12H27N/c1-7-11(8-2)10(5)12(13-6)9(3)4/h9-13H,7-8H2,1-6H3. The van der Waals surface area contributed by atoms with Crippen molar-refractivity contribution in [1.82, 2.24) is 5.32 Å². The van der Waals surface area contributed by atoms with Crippen LogP contribution in [-0.2, 0) is 0 Å². The molecule has 0 bridgehead atoms. The predicted octanol–water partition coefficient (Wildman–Crippen LogP) is 3.30. The van der Waals surface area contributed by atoms with Gasteiger partial charge >= 0.3 is 0 Å². The summed E-state index contributed by atoms with van der Waals surface area (Å²) < 4.78 is 0. The van der Waals surface area contributed by atoms with Crippen LogP contribution in [0.25, 0.3) is 0 Å². The van der Waals surface area contributed by atoms with E-state index in [4.69, 9.17) is 0 Å². The van der Waals surface area contributed by atoms with Gasteiger partial charge in [-0.25, -0.2) is 0 Å². The molecule has 0 aliphatic rings. The molecule has 0 radical (unpaired) electrons. The van der Waals surface area contributed by atoms with Crippen molar-refractivity contribution < 1.29 is 0 Å². The molecule has 0 amide bonds. The SMILES string of the molecule is CCC(CC)C(C)C(NC)C(C)C. The highest BCUT2D eigenvalue weighted by molar-refractivity contribution is 4.79. The van der Waals surface area contributed by atoms with Crippen LogP contribution in [0.15, 0.2) is 0 Å². The molecule has 0 aromatic carbocycles. The van der Waals surface area contributed by atoms with Gasteiger partial charge in [-0.05, 0) is 24.8 Å². The topological polar surface area (TPSA) is 12.0 Å². The molecule has 1 N–H and O–H groups in total. The van der Waals surface area contributed by atoms with Gasteiger partial charge in [0.25, 0.3) is 0 Å². The van der Waals surface area contributed by atoms with Crippen LogP contribution >= 0.6 is 0 Å². The van der Waals surface area contributed by atoms with E-state index >= 15 is 0 Å². The maximum atomic E-state index is 3.45. The molecule has 0 spiro atoms. The van der Waals surface area contributed by atoms with E-state index in [2.05, 4.69) is 47.0 Å². The Bertz CT molecular complexity index is 116. The summed E-state index contributed by atoms with van der Waals surface area (Å²) in [5, 5.41) is 3.45. The summed E-state index contributed by atoms with van der Waals surface area (Å²) in [4.78, 5) is 0. The largest absolute Gasteiger partial charge is 0.316 e. The van der Waals surface area contributed by atoms with Gasteiger partial charge in [-0.1, -0.05) is 47.5 Å². The van der Waals surface area contributed by atoms with E-state index in [9.17, 15) is 0 Å². The smallest absolute Gasteiger partial charge is 0.0115 e. The molecular formula is C12H27N. The first-order valence-corrected chi connectivity index (χ1v) is 5.75. The maximum Gasteiger partial charge on any atom is 0.0115 e. The molecule has 0 aliphatic carbocycles. The van der Waals surface area contributed by atoms with E-state index in [-0.39, 0.29) is 0 Å². The number of rotatable bonds is 6. The minimum Gasteiger partial charge on any atom is -0.316 e. The van der Waals surface area contributed by atoms with Crippen LogP contribution in [0.5, 0.6) is 0 Å². The Labute approximate surface area is 84.3 Å². The lowest BCUT2D eigenvalue weighted by molar-refractivity contribution is 0.221. The summed E-state index contributed by atoms with van der Waals surface area (Å²) in [6.45, 7) is 11.6. The quantitative estimate of drug-likeness (QED) is 0.669. The van der Waals surface area contributed by atoms with Gasteiger partial charge in [0, 0.05) is 6.04 Å². The minimum atomic E-state index is 0.671. The molecule has 2 unspecified atom stereocenters. The van der Waals surface area contributed by atoms with Crippen LogP contribution in [-0.4, -0.2) is 13.1 Å². The molecule has 80 valence electrons. The molecule has 13 heavy (non-hydrogen) atoms. The average Bonchev–Trinajstić information content (AvgIpc) is 2.07. The lowest BCUT2D eigenvalue weighted by Crippen LogP contribution is -2.40. The Morgan fingerprint density at radius 3 is 1.69 bits per heavy atom. The predicted molar refractivity (Wildman–Crippen MR) is 60.9 cm³/mol. The van der Waals surface area contributed by atoms with Crippen LogP contribution in [0.3, 0.4) is 0 Å². The average molecular weight is 185 g/mol. The third-order valence-corrected chi connectivity index (χ3v) is 3.41. The zero-order valence-corrected chi connectivity index (χ0v) is 10.2. The molecule has 0 fully saturated rings. The lowest BCUT2D eigenvalue weighted by Gasteiger charge is -2.32. The van der Waals surface area contributed by atoms with Crippen LogP contribution in [0.1, 0.15) is 47.5 Å². The monoisotopic (exact) mass is 185 g/mol. The molecule has 0 aromatic rings. The van der Waals surface area contributed by atoms with Gasteiger partial charge in [-0.3, -0.25) is 0 Å². The van der Waals surface area contributed by atoms with Crippen molar-refractivity contribution in [3.8, 4) is 0 Å². The van der Waals surface area contributed by atoms with Crippen molar-refractivity contribution >= 4 is 0 Å². The van der Waals surface area contributed by atoms with Crippen molar-refractivity contribution in [2.75, 3.05) is 7.05 Å². The molecule has 1 heteroatoms. The van der Waals surface area contributed by atoms with E-state index in [1.54, 1.807) is 0 Å². The maximum absolute atomic E-state index is 3.45. The molecular weight excluding hydrogens is 158 g/mol. The molecule has 0 saturated heterocycles. The van der Waals surface area contributed by atoms with Gasteiger partial charge in [0.2, 0.25) is 0 Å². The normalized spacial score (nSPS) is 16.6. The molecule has 0 saturated carbocycles. The van der Waals surface area contributed by atoms with Gasteiger partial charge in [0.1, 0.15) is 0 Å². The summed E-state index contributed by atoms with van der Waals surface area (Å²) in [6.07, 6.45) is 2.62. The second-order valence-corrected chi connectivity index (χ2v) is 4.49. The van der Waals surface area contributed by atoms with Crippen molar-refractivity contribution in [1.29, 1.82) is 0 Å². The highest BCUT2D eigenvalue weighted by Gasteiger charge is 2.24. The van der Waals surface area contributed by atoms with Crippen LogP contribution in [0.4, 0.5) is 0 Å². The molecule has 1 nitrogen and oxygen atoms in total. The van der Waals surface area contributed by atoms with Crippen molar-refractivity contribution in [2.24, 2.45) is 17.8 Å². The molecule has 0 heterocycles. The zero-order chi connectivity index (χ0) is 10.4. The van der Waals surface area contributed by atoms with Crippen LogP contribution in [0.2, 0.25) is 0 Å². The fraction of sp³-hybridized carbons (Fsp3) is 1.00. The van der Waals surface area contributed by atoms with Gasteiger partial charge in [-0.2, -0.15) is 0 Å². The molecule has 0 aromatic heterocycles. The summed E-state index contributed by atoms with van der Waals surface area (Å²) in [5.41, 5.74) is 0. The van der Waals surface area contributed by atoms with Crippen molar-refractivity contribution in [3.63, 3.8) is 0 Å². The summed E-state index contributed by atoms with van der Waals surface area (Å²) in [6, 6.07) is 0.671. The fourth-order valence-corrected chi connectivity index (χ4v) is 2.53. The van der Waals surface area contributed by atoms with Gasteiger partial charge in [0.15, 0.2) is 0 Å². The summed E-state index contributed by atoms with van der Waals surface area (Å²) in [5.74, 6) is 2.40. The Hall–Kier alpha value is -0.0400. The van der Waals surface area contributed by atoms with E-state index in [1.165, 1.54) is 12.8 Å². The summed E-state index contributed by atoms with van der Waals surface area (Å²) in [7, 11) is 2.09. The first kappa shape index (κ1) is 13.0. The first-order valence-electron chi connectivity index (χ1n) is 5.75. The third-order valence-electron chi connectivity index (χ3n) is 3.41. The number of hydrogen-bond donors (Lipinski definition) is 1. The van der Waals surface area contributed by atoms with Gasteiger partial charge in [0.05, 0.1) is 0 Å². The fourth-order valence-electron chi connectivity index (χ4n) is 2.53. The van der Waals surface area contributed by atoms with E-state index < -0.39 is 0 Å². The second-order valence-electron chi connectivity index (χ2n) is 4.49. The Morgan fingerprint density at radius 1 is 1.00 bits per heavy atom. The highest BCUT2D eigenvalue weighted by atomic mass is 14.9.